The SMILES string of the molecule is CCCC1(C(=O)N(CC)C(C)C)CCNCC1. The molecule has 1 aliphatic heterocycles. The van der Waals surface area contributed by atoms with Crippen LogP contribution in [0.2, 0.25) is 0 Å². The van der Waals surface area contributed by atoms with Crippen molar-refractivity contribution in [2.75, 3.05) is 19.6 Å². The van der Waals surface area contributed by atoms with Gasteiger partial charge in [-0.3, -0.25) is 4.79 Å². The lowest BCUT2D eigenvalue weighted by molar-refractivity contribution is -0.146. The third kappa shape index (κ3) is 3.21. The number of piperidine rings is 1. The minimum absolute atomic E-state index is 0.0831. The molecule has 0 spiro atoms. The molecule has 1 N–H and O–H groups in total. The molecule has 0 aromatic rings. The van der Waals surface area contributed by atoms with Crippen LogP contribution < -0.4 is 5.32 Å². The highest BCUT2D eigenvalue weighted by Gasteiger charge is 2.41. The topological polar surface area (TPSA) is 32.3 Å². The zero-order chi connectivity index (χ0) is 12.9. The summed E-state index contributed by atoms with van der Waals surface area (Å²) in [7, 11) is 0. The molecule has 1 rings (SSSR count). The number of rotatable bonds is 5. The first-order valence-electron chi connectivity index (χ1n) is 7.09. The quantitative estimate of drug-likeness (QED) is 0.800. The van der Waals surface area contributed by atoms with E-state index < -0.39 is 0 Å². The summed E-state index contributed by atoms with van der Waals surface area (Å²) in [6, 6.07) is 0.316. The second-order valence-corrected chi connectivity index (χ2v) is 5.47. The van der Waals surface area contributed by atoms with Crippen LogP contribution >= 0.6 is 0 Å². The molecule has 0 atom stereocenters. The van der Waals surface area contributed by atoms with Crippen LogP contribution in [0.15, 0.2) is 0 Å². The molecule has 3 heteroatoms. The van der Waals surface area contributed by atoms with Crippen LogP contribution in [0.4, 0.5) is 0 Å². The van der Waals surface area contributed by atoms with Crippen LogP contribution in [0.5, 0.6) is 0 Å². The van der Waals surface area contributed by atoms with Crippen LogP contribution in [0.3, 0.4) is 0 Å². The average Bonchev–Trinajstić information content (AvgIpc) is 2.31. The van der Waals surface area contributed by atoms with Gasteiger partial charge in [0.2, 0.25) is 5.91 Å². The summed E-state index contributed by atoms with van der Waals surface area (Å²) in [5, 5.41) is 3.37. The maximum absolute atomic E-state index is 12.8. The van der Waals surface area contributed by atoms with Gasteiger partial charge < -0.3 is 10.2 Å². The van der Waals surface area contributed by atoms with Crippen molar-refractivity contribution in [2.24, 2.45) is 5.41 Å². The third-order valence-corrected chi connectivity index (χ3v) is 3.97. The fraction of sp³-hybridized carbons (Fsp3) is 0.929. The number of hydrogen-bond acceptors (Lipinski definition) is 2. The first kappa shape index (κ1) is 14.5. The summed E-state index contributed by atoms with van der Waals surface area (Å²) in [4.78, 5) is 14.8. The van der Waals surface area contributed by atoms with E-state index in [0.29, 0.717) is 11.9 Å². The molecule has 100 valence electrons. The van der Waals surface area contributed by atoms with Crippen molar-refractivity contribution in [1.29, 1.82) is 0 Å². The maximum Gasteiger partial charge on any atom is 0.229 e. The highest BCUT2D eigenvalue weighted by molar-refractivity contribution is 5.83. The summed E-state index contributed by atoms with van der Waals surface area (Å²) in [6.07, 6.45) is 4.14. The minimum atomic E-state index is -0.0831. The van der Waals surface area contributed by atoms with Crippen molar-refractivity contribution in [3.63, 3.8) is 0 Å². The van der Waals surface area contributed by atoms with Gasteiger partial charge in [-0.1, -0.05) is 13.3 Å². The van der Waals surface area contributed by atoms with E-state index in [2.05, 4.69) is 33.0 Å². The molecular formula is C14H28N2O. The second kappa shape index (κ2) is 6.39. The molecule has 0 unspecified atom stereocenters. The number of carbonyl (C=O) groups is 1. The van der Waals surface area contributed by atoms with Crippen molar-refractivity contribution in [1.82, 2.24) is 10.2 Å². The Morgan fingerprint density at radius 2 is 1.88 bits per heavy atom. The Kier molecular flexibility index (Phi) is 5.44. The highest BCUT2D eigenvalue weighted by atomic mass is 16.2. The van der Waals surface area contributed by atoms with Crippen LogP contribution in [-0.4, -0.2) is 36.5 Å². The van der Waals surface area contributed by atoms with Crippen LogP contribution in [-0.2, 0) is 4.79 Å². The Balaban J connectivity index is 2.85. The zero-order valence-electron chi connectivity index (χ0n) is 11.9. The Morgan fingerprint density at radius 3 is 2.29 bits per heavy atom. The molecule has 0 radical (unpaired) electrons. The zero-order valence-corrected chi connectivity index (χ0v) is 11.9. The fourth-order valence-corrected chi connectivity index (χ4v) is 3.00. The van der Waals surface area contributed by atoms with Crippen molar-refractivity contribution in [3.8, 4) is 0 Å². The van der Waals surface area contributed by atoms with Crippen LogP contribution in [0.1, 0.15) is 53.4 Å². The molecule has 0 saturated carbocycles. The molecule has 0 bridgehead atoms. The lowest BCUT2D eigenvalue weighted by atomic mass is 9.74. The summed E-state index contributed by atoms with van der Waals surface area (Å²) in [6.45, 7) is 11.3. The smallest absolute Gasteiger partial charge is 0.229 e. The van der Waals surface area contributed by atoms with Crippen molar-refractivity contribution >= 4 is 5.91 Å². The maximum atomic E-state index is 12.8. The van der Waals surface area contributed by atoms with Gasteiger partial charge in [0.05, 0.1) is 5.41 Å². The summed E-state index contributed by atoms with van der Waals surface area (Å²) in [5.74, 6) is 0.387. The molecule has 0 aliphatic carbocycles. The van der Waals surface area contributed by atoms with E-state index >= 15 is 0 Å². The first-order chi connectivity index (χ1) is 8.07. The number of carbonyl (C=O) groups excluding carboxylic acids is 1. The summed E-state index contributed by atoms with van der Waals surface area (Å²) < 4.78 is 0. The van der Waals surface area contributed by atoms with Gasteiger partial charge in [0, 0.05) is 12.6 Å². The molecule has 3 nitrogen and oxygen atoms in total. The van der Waals surface area contributed by atoms with Crippen molar-refractivity contribution in [2.45, 2.75) is 59.4 Å². The van der Waals surface area contributed by atoms with Gasteiger partial charge in [-0.15, -0.1) is 0 Å². The van der Waals surface area contributed by atoms with E-state index in [4.69, 9.17) is 0 Å². The molecular weight excluding hydrogens is 212 g/mol. The molecule has 1 saturated heterocycles. The van der Waals surface area contributed by atoms with Gasteiger partial charge in [-0.05, 0) is 53.1 Å². The number of hydrogen-bond donors (Lipinski definition) is 1. The monoisotopic (exact) mass is 240 g/mol. The molecule has 1 aliphatic rings. The lowest BCUT2D eigenvalue weighted by Gasteiger charge is -2.41. The van der Waals surface area contributed by atoms with Gasteiger partial charge >= 0.3 is 0 Å². The minimum Gasteiger partial charge on any atom is -0.340 e. The summed E-state index contributed by atoms with van der Waals surface area (Å²) >= 11 is 0. The first-order valence-corrected chi connectivity index (χ1v) is 7.09. The Bertz CT molecular complexity index is 239. The molecule has 0 aromatic heterocycles. The second-order valence-electron chi connectivity index (χ2n) is 5.47. The standard InChI is InChI=1S/C14H28N2O/c1-5-7-14(8-10-15-11-9-14)13(17)16(6-2)12(3)4/h12,15H,5-11H2,1-4H3. The lowest BCUT2D eigenvalue weighted by Crippen LogP contribution is -2.51. The van der Waals surface area contributed by atoms with E-state index in [9.17, 15) is 4.79 Å². The van der Waals surface area contributed by atoms with Gasteiger partial charge in [0.15, 0.2) is 0 Å². The number of amides is 1. The molecule has 0 aromatic carbocycles. The van der Waals surface area contributed by atoms with Crippen molar-refractivity contribution in [3.05, 3.63) is 0 Å². The van der Waals surface area contributed by atoms with E-state index in [1.54, 1.807) is 0 Å². The van der Waals surface area contributed by atoms with E-state index in [-0.39, 0.29) is 5.41 Å². The summed E-state index contributed by atoms with van der Waals surface area (Å²) in [5.41, 5.74) is -0.0831. The fourth-order valence-electron chi connectivity index (χ4n) is 3.00. The predicted octanol–water partition coefficient (Wildman–Crippen LogP) is 2.41. The molecule has 1 amide bonds. The number of nitrogens with one attached hydrogen (secondary N) is 1. The molecule has 1 fully saturated rings. The Morgan fingerprint density at radius 1 is 1.29 bits per heavy atom. The Labute approximate surface area is 106 Å². The molecule has 17 heavy (non-hydrogen) atoms. The van der Waals surface area contributed by atoms with Gasteiger partial charge in [0.1, 0.15) is 0 Å². The Hall–Kier alpha value is -0.570. The average molecular weight is 240 g/mol. The predicted molar refractivity (Wildman–Crippen MR) is 72.0 cm³/mol. The molecule has 1 heterocycles. The third-order valence-electron chi connectivity index (χ3n) is 3.97. The van der Waals surface area contributed by atoms with Gasteiger partial charge in [0.25, 0.3) is 0 Å². The highest BCUT2D eigenvalue weighted by Crippen LogP contribution is 2.36. The largest absolute Gasteiger partial charge is 0.340 e. The van der Waals surface area contributed by atoms with E-state index in [0.717, 1.165) is 45.3 Å². The van der Waals surface area contributed by atoms with E-state index in [1.165, 1.54) is 0 Å². The van der Waals surface area contributed by atoms with Crippen LogP contribution in [0.25, 0.3) is 0 Å². The van der Waals surface area contributed by atoms with E-state index in [1.807, 2.05) is 4.90 Å². The number of nitrogens with zero attached hydrogens (tertiary/aromatic N) is 1. The normalized spacial score (nSPS) is 19.4. The van der Waals surface area contributed by atoms with Gasteiger partial charge in [-0.25, -0.2) is 0 Å². The van der Waals surface area contributed by atoms with Crippen LogP contribution in [0, 0.1) is 5.41 Å². The van der Waals surface area contributed by atoms with Crippen molar-refractivity contribution < 1.29 is 4.79 Å². The van der Waals surface area contributed by atoms with Gasteiger partial charge in [-0.2, -0.15) is 0 Å².